The molecule has 2 heterocycles. The minimum absolute atomic E-state index is 0.215. The number of para-hydroxylation sites is 1. The molecule has 1 amide bonds. The summed E-state index contributed by atoms with van der Waals surface area (Å²) in [6.45, 7) is 1.33. The Morgan fingerprint density at radius 3 is 2.61 bits per heavy atom. The number of carbonyl (C=O) groups is 1. The average molecular weight is 376 g/mol. The summed E-state index contributed by atoms with van der Waals surface area (Å²) in [7, 11) is 0. The standard InChI is InChI=1S/C22H21FN4O/c23-19-9-7-16(8-10-19)11-12-24-21(28)18-14-25-22(26-15-18)27-13-3-5-17-4-1-2-6-20(17)27/h1-2,4,6-10,14-15H,3,5,11-13H2,(H,24,28). The molecule has 5 nitrogen and oxygen atoms in total. The summed E-state index contributed by atoms with van der Waals surface area (Å²) < 4.78 is 12.9. The highest BCUT2D eigenvalue weighted by atomic mass is 19.1. The van der Waals surface area contributed by atoms with E-state index in [2.05, 4.69) is 32.3 Å². The van der Waals surface area contributed by atoms with Crippen LogP contribution in [0.1, 0.15) is 27.9 Å². The fraction of sp³-hybridized carbons (Fsp3) is 0.227. The van der Waals surface area contributed by atoms with Crippen molar-refractivity contribution in [1.29, 1.82) is 0 Å². The fourth-order valence-electron chi connectivity index (χ4n) is 3.39. The number of nitrogens with zero attached hydrogens (tertiary/aromatic N) is 3. The van der Waals surface area contributed by atoms with E-state index < -0.39 is 0 Å². The molecule has 0 bridgehead atoms. The summed E-state index contributed by atoms with van der Waals surface area (Å²) in [5, 5.41) is 2.85. The lowest BCUT2D eigenvalue weighted by Gasteiger charge is -2.29. The molecule has 0 saturated carbocycles. The molecule has 4 rings (SSSR count). The van der Waals surface area contributed by atoms with Crippen molar-refractivity contribution in [2.75, 3.05) is 18.0 Å². The van der Waals surface area contributed by atoms with E-state index in [1.807, 2.05) is 12.1 Å². The third-order valence-electron chi connectivity index (χ3n) is 4.86. The van der Waals surface area contributed by atoms with E-state index in [4.69, 9.17) is 0 Å². The van der Waals surface area contributed by atoms with Crippen LogP contribution in [0.3, 0.4) is 0 Å². The molecule has 2 aromatic carbocycles. The third kappa shape index (κ3) is 4.01. The van der Waals surface area contributed by atoms with E-state index in [9.17, 15) is 9.18 Å². The largest absolute Gasteiger partial charge is 0.352 e. The maximum Gasteiger partial charge on any atom is 0.254 e. The lowest BCUT2D eigenvalue weighted by molar-refractivity contribution is 0.0953. The zero-order valence-corrected chi connectivity index (χ0v) is 15.4. The van der Waals surface area contributed by atoms with Crippen molar-refractivity contribution < 1.29 is 9.18 Å². The SMILES string of the molecule is O=C(NCCc1ccc(F)cc1)c1cnc(N2CCCc3ccccc32)nc1. The Morgan fingerprint density at radius 2 is 1.82 bits per heavy atom. The molecule has 142 valence electrons. The number of benzene rings is 2. The first kappa shape index (κ1) is 18.1. The number of hydrogen-bond donors (Lipinski definition) is 1. The van der Waals surface area contributed by atoms with E-state index in [-0.39, 0.29) is 11.7 Å². The molecule has 0 radical (unpaired) electrons. The Morgan fingerprint density at radius 1 is 1.07 bits per heavy atom. The molecule has 3 aromatic rings. The van der Waals surface area contributed by atoms with Crippen LogP contribution in [0, 0.1) is 5.82 Å². The minimum Gasteiger partial charge on any atom is -0.352 e. The summed E-state index contributed by atoms with van der Waals surface area (Å²) >= 11 is 0. The molecule has 1 aliphatic heterocycles. The molecule has 0 saturated heterocycles. The number of anilines is 2. The van der Waals surface area contributed by atoms with Gasteiger partial charge in [0.1, 0.15) is 5.82 Å². The van der Waals surface area contributed by atoms with Gasteiger partial charge in [0.05, 0.1) is 5.56 Å². The highest BCUT2D eigenvalue weighted by Gasteiger charge is 2.20. The summed E-state index contributed by atoms with van der Waals surface area (Å²) in [4.78, 5) is 23.2. The Labute approximate surface area is 163 Å². The van der Waals surface area contributed by atoms with Gasteiger partial charge in [0.2, 0.25) is 5.95 Å². The van der Waals surface area contributed by atoms with Gasteiger partial charge in [-0.1, -0.05) is 30.3 Å². The van der Waals surface area contributed by atoms with Crippen molar-refractivity contribution in [2.45, 2.75) is 19.3 Å². The number of aromatic nitrogens is 2. The van der Waals surface area contributed by atoms with Gasteiger partial charge >= 0.3 is 0 Å². The number of fused-ring (bicyclic) bond motifs is 1. The first-order valence-corrected chi connectivity index (χ1v) is 9.41. The molecular weight excluding hydrogens is 355 g/mol. The maximum atomic E-state index is 12.9. The van der Waals surface area contributed by atoms with E-state index in [1.54, 1.807) is 24.5 Å². The molecule has 1 aliphatic rings. The molecule has 6 heteroatoms. The first-order chi connectivity index (χ1) is 13.7. The molecule has 28 heavy (non-hydrogen) atoms. The predicted octanol–water partition coefficient (Wildman–Crippen LogP) is 3.67. The molecule has 1 N–H and O–H groups in total. The third-order valence-corrected chi connectivity index (χ3v) is 4.86. The minimum atomic E-state index is -0.263. The normalized spacial score (nSPS) is 13.1. The van der Waals surface area contributed by atoms with Crippen LogP contribution in [0.25, 0.3) is 0 Å². The van der Waals surface area contributed by atoms with Gasteiger partial charge in [-0.15, -0.1) is 0 Å². The lowest BCUT2D eigenvalue weighted by Crippen LogP contribution is -2.28. The summed E-state index contributed by atoms with van der Waals surface area (Å²) in [5.74, 6) is 0.129. The average Bonchev–Trinajstić information content (AvgIpc) is 2.75. The zero-order chi connectivity index (χ0) is 19.3. The molecule has 0 unspecified atom stereocenters. The van der Waals surface area contributed by atoms with Gasteiger partial charge in [-0.25, -0.2) is 14.4 Å². The Kier molecular flexibility index (Phi) is 5.28. The fourth-order valence-corrected chi connectivity index (χ4v) is 3.39. The number of rotatable bonds is 5. The second-order valence-corrected chi connectivity index (χ2v) is 6.79. The number of aryl methyl sites for hydroxylation is 1. The van der Waals surface area contributed by atoms with Crippen molar-refractivity contribution in [1.82, 2.24) is 15.3 Å². The number of hydrogen-bond acceptors (Lipinski definition) is 4. The van der Waals surface area contributed by atoms with Crippen LogP contribution in [0.15, 0.2) is 60.9 Å². The van der Waals surface area contributed by atoms with Gasteiger partial charge in [0, 0.05) is 31.2 Å². The highest BCUT2D eigenvalue weighted by Crippen LogP contribution is 2.30. The monoisotopic (exact) mass is 376 g/mol. The second kappa shape index (κ2) is 8.17. The van der Waals surface area contributed by atoms with Crippen molar-refractivity contribution in [3.8, 4) is 0 Å². The van der Waals surface area contributed by atoms with Crippen molar-refractivity contribution in [3.63, 3.8) is 0 Å². The Balaban J connectivity index is 1.38. The van der Waals surface area contributed by atoms with Crippen LogP contribution in [0.5, 0.6) is 0 Å². The van der Waals surface area contributed by atoms with Gasteiger partial charge in [0.15, 0.2) is 0 Å². The molecule has 0 spiro atoms. The van der Waals surface area contributed by atoms with Gasteiger partial charge in [-0.3, -0.25) is 4.79 Å². The summed E-state index contributed by atoms with van der Waals surface area (Å²) in [6.07, 6.45) is 5.86. The number of carbonyl (C=O) groups excluding carboxylic acids is 1. The highest BCUT2D eigenvalue weighted by molar-refractivity contribution is 5.93. The van der Waals surface area contributed by atoms with Crippen LogP contribution < -0.4 is 10.2 Å². The van der Waals surface area contributed by atoms with Crippen LogP contribution in [-0.2, 0) is 12.8 Å². The van der Waals surface area contributed by atoms with E-state index >= 15 is 0 Å². The van der Waals surface area contributed by atoms with Gasteiger partial charge in [-0.05, 0) is 48.6 Å². The van der Waals surface area contributed by atoms with Gasteiger partial charge < -0.3 is 10.2 Å². The van der Waals surface area contributed by atoms with Crippen LogP contribution in [0.2, 0.25) is 0 Å². The van der Waals surface area contributed by atoms with Crippen LogP contribution >= 0.6 is 0 Å². The van der Waals surface area contributed by atoms with E-state index in [1.165, 1.54) is 17.7 Å². The number of halogens is 1. The Hall–Kier alpha value is -3.28. The summed E-state index contributed by atoms with van der Waals surface area (Å²) in [6, 6.07) is 14.5. The maximum absolute atomic E-state index is 12.9. The number of amides is 1. The molecule has 1 aromatic heterocycles. The van der Waals surface area contributed by atoms with E-state index in [0.717, 1.165) is 30.6 Å². The summed E-state index contributed by atoms with van der Waals surface area (Å²) in [5.41, 5.74) is 3.82. The van der Waals surface area contributed by atoms with Crippen LogP contribution in [-0.4, -0.2) is 29.0 Å². The van der Waals surface area contributed by atoms with Crippen molar-refractivity contribution in [2.24, 2.45) is 0 Å². The van der Waals surface area contributed by atoms with E-state index in [0.29, 0.717) is 24.5 Å². The second-order valence-electron chi connectivity index (χ2n) is 6.79. The van der Waals surface area contributed by atoms with Gasteiger partial charge in [0.25, 0.3) is 5.91 Å². The molecular formula is C22H21FN4O. The quantitative estimate of drug-likeness (QED) is 0.738. The Bertz CT molecular complexity index is 957. The predicted molar refractivity (Wildman–Crippen MR) is 106 cm³/mol. The molecule has 0 aliphatic carbocycles. The number of nitrogens with one attached hydrogen (secondary N) is 1. The van der Waals surface area contributed by atoms with Gasteiger partial charge in [-0.2, -0.15) is 0 Å². The first-order valence-electron chi connectivity index (χ1n) is 9.41. The molecule has 0 fully saturated rings. The van der Waals surface area contributed by atoms with Crippen molar-refractivity contribution in [3.05, 3.63) is 83.4 Å². The smallest absolute Gasteiger partial charge is 0.254 e. The molecule has 0 atom stereocenters. The van der Waals surface area contributed by atoms with Crippen molar-refractivity contribution >= 4 is 17.5 Å². The van der Waals surface area contributed by atoms with Crippen LogP contribution in [0.4, 0.5) is 16.0 Å². The lowest BCUT2D eigenvalue weighted by atomic mass is 10.0. The zero-order valence-electron chi connectivity index (χ0n) is 15.4. The topological polar surface area (TPSA) is 58.1 Å².